The SMILES string of the molecule is Cc1cc(CSc2ccccc2)cc2c1N[C@H](c1ccccc1C(=O)O)[C@@H]1CC=C[C@@H]21. The van der Waals surface area contributed by atoms with Gasteiger partial charge in [-0.3, -0.25) is 0 Å². The number of benzene rings is 3. The first-order valence-electron chi connectivity index (χ1n) is 10.7. The van der Waals surface area contributed by atoms with Gasteiger partial charge in [0.1, 0.15) is 0 Å². The molecule has 0 fully saturated rings. The molecule has 3 aromatic rings. The van der Waals surface area contributed by atoms with Crippen molar-refractivity contribution < 1.29 is 9.90 Å². The summed E-state index contributed by atoms with van der Waals surface area (Å²) in [5, 5.41) is 13.5. The molecule has 3 nitrogen and oxygen atoms in total. The number of anilines is 1. The van der Waals surface area contributed by atoms with E-state index < -0.39 is 5.97 Å². The third kappa shape index (κ3) is 3.77. The van der Waals surface area contributed by atoms with Gasteiger partial charge >= 0.3 is 5.97 Å². The van der Waals surface area contributed by atoms with Crippen molar-refractivity contribution in [1.82, 2.24) is 0 Å². The lowest BCUT2D eigenvalue weighted by molar-refractivity contribution is 0.0694. The molecule has 0 bridgehead atoms. The summed E-state index contributed by atoms with van der Waals surface area (Å²) in [7, 11) is 0. The van der Waals surface area contributed by atoms with Gasteiger partial charge in [0.2, 0.25) is 0 Å². The predicted molar refractivity (Wildman–Crippen MR) is 127 cm³/mol. The van der Waals surface area contributed by atoms with E-state index in [2.05, 4.69) is 60.8 Å². The Morgan fingerprint density at radius 1 is 1.06 bits per heavy atom. The van der Waals surface area contributed by atoms with Crippen molar-refractivity contribution in [3.05, 3.63) is 107 Å². The summed E-state index contributed by atoms with van der Waals surface area (Å²) in [5.74, 6) is 0.702. The largest absolute Gasteiger partial charge is 0.478 e. The summed E-state index contributed by atoms with van der Waals surface area (Å²) >= 11 is 1.86. The highest BCUT2D eigenvalue weighted by molar-refractivity contribution is 7.98. The zero-order valence-electron chi connectivity index (χ0n) is 17.4. The zero-order chi connectivity index (χ0) is 21.4. The van der Waals surface area contributed by atoms with E-state index in [0.29, 0.717) is 17.4 Å². The molecular weight excluding hydrogens is 402 g/mol. The average molecular weight is 428 g/mol. The Labute approximate surface area is 187 Å². The maximum atomic E-state index is 11.9. The van der Waals surface area contributed by atoms with Crippen molar-refractivity contribution >= 4 is 23.4 Å². The molecule has 156 valence electrons. The fourth-order valence-electron chi connectivity index (χ4n) is 5.00. The second-order valence-corrected chi connectivity index (χ2v) is 9.40. The minimum Gasteiger partial charge on any atom is -0.478 e. The first-order chi connectivity index (χ1) is 15.1. The van der Waals surface area contributed by atoms with Gasteiger partial charge in [-0.05, 0) is 59.7 Å². The van der Waals surface area contributed by atoms with Gasteiger partial charge in [0.25, 0.3) is 0 Å². The lowest BCUT2D eigenvalue weighted by Gasteiger charge is -2.39. The molecule has 31 heavy (non-hydrogen) atoms. The van der Waals surface area contributed by atoms with Crippen LogP contribution in [0.1, 0.15) is 51.0 Å². The summed E-state index contributed by atoms with van der Waals surface area (Å²) in [6.07, 6.45) is 5.52. The number of rotatable bonds is 5. The molecular formula is C27H25NO2S. The van der Waals surface area contributed by atoms with Gasteiger partial charge in [-0.15, -0.1) is 11.8 Å². The molecule has 4 heteroatoms. The normalized spacial score (nSPS) is 21.3. The van der Waals surface area contributed by atoms with Crippen LogP contribution in [0.4, 0.5) is 5.69 Å². The van der Waals surface area contributed by atoms with Gasteiger partial charge in [-0.2, -0.15) is 0 Å². The molecule has 1 aliphatic heterocycles. The lowest BCUT2D eigenvalue weighted by Crippen LogP contribution is -2.31. The summed E-state index contributed by atoms with van der Waals surface area (Å²) in [5.41, 5.74) is 6.32. The van der Waals surface area contributed by atoms with Crippen molar-refractivity contribution in [3.63, 3.8) is 0 Å². The Bertz CT molecular complexity index is 1160. The van der Waals surface area contributed by atoms with Gasteiger partial charge in [0.15, 0.2) is 0 Å². The van der Waals surface area contributed by atoms with Crippen LogP contribution in [0.2, 0.25) is 0 Å². The van der Waals surface area contributed by atoms with Crippen molar-refractivity contribution in [1.29, 1.82) is 0 Å². The van der Waals surface area contributed by atoms with Crippen LogP contribution in [0.25, 0.3) is 0 Å². The Balaban J connectivity index is 1.49. The quantitative estimate of drug-likeness (QED) is 0.347. The predicted octanol–water partition coefficient (Wildman–Crippen LogP) is 6.81. The van der Waals surface area contributed by atoms with Crippen LogP contribution in [0.5, 0.6) is 0 Å². The van der Waals surface area contributed by atoms with Crippen LogP contribution in [0.15, 0.2) is 83.8 Å². The zero-order valence-corrected chi connectivity index (χ0v) is 18.2. The molecule has 2 N–H and O–H groups in total. The second kappa shape index (κ2) is 8.27. The second-order valence-electron chi connectivity index (χ2n) is 8.35. The molecule has 1 aliphatic carbocycles. The highest BCUT2D eigenvalue weighted by Gasteiger charge is 2.39. The van der Waals surface area contributed by atoms with Crippen molar-refractivity contribution in [2.75, 3.05) is 5.32 Å². The Kier molecular flexibility index (Phi) is 5.33. The molecule has 0 amide bonds. The fourth-order valence-corrected chi connectivity index (χ4v) is 5.85. The first kappa shape index (κ1) is 20.0. The van der Waals surface area contributed by atoms with E-state index in [4.69, 9.17) is 0 Å². The third-order valence-electron chi connectivity index (χ3n) is 6.40. The number of hydrogen-bond donors (Lipinski definition) is 2. The van der Waals surface area contributed by atoms with Crippen LogP contribution in [-0.4, -0.2) is 11.1 Å². The Morgan fingerprint density at radius 2 is 1.84 bits per heavy atom. The Morgan fingerprint density at radius 3 is 2.65 bits per heavy atom. The number of fused-ring (bicyclic) bond motifs is 3. The van der Waals surface area contributed by atoms with Crippen molar-refractivity contribution in [3.8, 4) is 0 Å². The van der Waals surface area contributed by atoms with Crippen LogP contribution < -0.4 is 5.32 Å². The third-order valence-corrected chi connectivity index (χ3v) is 7.48. The first-order valence-corrected chi connectivity index (χ1v) is 11.7. The van der Waals surface area contributed by atoms with Gasteiger partial charge in [-0.25, -0.2) is 4.79 Å². The molecule has 0 saturated carbocycles. The van der Waals surface area contributed by atoms with E-state index in [1.54, 1.807) is 12.1 Å². The van der Waals surface area contributed by atoms with E-state index in [1.165, 1.54) is 21.6 Å². The van der Waals surface area contributed by atoms with E-state index in [9.17, 15) is 9.90 Å². The number of carboxylic acid groups (broad SMARTS) is 1. The van der Waals surface area contributed by atoms with Crippen LogP contribution in [0, 0.1) is 12.8 Å². The fraction of sp³-hybridized carbons (Fsp3) is 0.222. The smallest absolute Gasteiger partial charge is 0.336 e. The number of thioether (sulfide) groups is 1. The highest BCUT2D eigenvalue weighted by Crippen LogP contribution is 2.51. The minimum atomic E-state index is -0.865. The number of allylic oxidation sites excluding steroid dienone is 2. The van der Waals surface area contributed by atoms with Crippen LogP contribution in [0.3, 0.4) is 0 Å². The minimum absolute atomic E-state index is 0.0111. The molecule has 0 radical (unpaired) electrons. The van der Waals surface area contributed by atoms with Crippen LogP contribution >= 0.6 is 11.8 Å². The molecule has 0 spiro atoms. The van der Waals surface area contributed by atoms with Crippen molar-refractivity contribution in [2.24, 2.45) is 5.92 Å². The molecule has 0 unspecified atom stereocenters. The number of carboxylic acids is 1. The number of carbonyl (C=O) groups is 1. The summed E-state index contributed by atoms with van der Waals surface area (Å²) in [4.78, 5) is 13.1. The maximum Gasteiger partial charge on any atom is 0.336 e. The van der Waals surface area contributed by atoms with Gasteiger partial charge in [-0.1, -0.05) is 60.7 Å². The summed E-state index contributed by atoms with van der Waals surface area (Å²) in [6.45, 7) is 2.15. The molecule has 3 aromatic carbocycles. The Hall–Kier alpha value is -2.98. The molecule has 1 heterocycles. The molecule has 5 rings (SSSR count). The number of aryl methyl sites for hydroxylation is 1. The van der Waals surface area contributed by atoms with Crippen molar-refractivity contribution in [2.45, 2.75) is 36.0 Å². The number of aromatic carboxylic acids is 1. The summed E-state index contributed by atoms with van der Waals surface area (Å²) in [6, 6.07) is 22.5. The average Bonchev–Trinajstić information content (AvgIpc) is 3.28. The topological polar surface area (TPSA) is 49.3 Å². The number of nitrogens with one attached hydrogen (secondary N) is 1. The van der Waals surface area contributed by atoms with E-state index >= 15 is 0 Å². The van der Waals surface area contributed by atoms with Gasteiger partial charge in [0.05, 0.1) is 11.6 Å². The van der Waals surface area contributed by atoms with Gasteiger partial charge < -0.3 is 10.4 Å². The standard InChI is InChI=1S/C27H25NO2S/c1-17-14-18(16-31-19-8-3-2-4-9-19)15-24-20-12-7-13-21(20)26(28-25(17)24)22-10-5-6-11-23(22)27(29)30/h2-12,14-15,20-21,26,28H,13,16H2,1H3,(H,29,30)/t20-,21-,26+/m1/s1. The summed E-state index contributed by atoms with van der Waals surface area (Å²) < 4.78 is 0. The molecule has 0 saturated heterocycles. The van der Waals surface area contributed by atoms with E-state index in [-0.39, 0.29) is 6.04 Å². The molecule has 3 atom stereocenters. The van der Waals surface area contributed by atoms with Crippen LogP contribution in [-0.2, 0) is 5.75 Å². The number of hydrogen-bond acceptors (Lipinski definition) is 3. The molecule has 2 aliphatic rings. The lowest BCUT2D eigenvalue weighted by atomic mass is 9.75. The monoisotopic (exact) mass is 427 g/mol. The molecule has 0 aromatic heterocycles. The highest BCUT2D eigenvalue weighted by atomic mass is 32.2. The van der Waals surface area contributed by atoms with E-state index in [0.717, 1.165) is 23.4 Å². The van der Waals surface area contributed by atoms with Gasteiger partial charge in [0, 0.05) is 22.3 Å². The maximum absolute atomic E-state index is 11.9. The van der Waals surface area contributed by atoms with E-state index in [1.807, 2.05) is 30.0 Å².